The van der Waals surface area contributed by atoms with E-state index < -0.39 is 0 Å². The maximum Gasteiger partial charge on any atom is 0.270 e. The number of carbonyl (C=O) groups is 1. The summed E-state index contributed by atoms with van der Waals surface area (Å²) in [6.07, 6.45) is 2.45. The molecule has 5 nitrogen and oxygen atoms in total. The van der Waals surface area contributed by atoms with Gasteiger partial charge >= 0.3 is 0 Å². The molecule has 28 heavy (non-hydrogen) atoms. The van der Waals surface area contributed by atoms with Crippen molar-refractivity contribution in [1.82, 2.24) is 9.27 Å². The molecule has 5 rings (SSSR count). The Hall–Kier alpha value is -2.28. The zero-order valence-electron chi connectivity index (χ0n) is 15.3. The lowest BCUT2D eigenvalue weighted by atomic mass is 10.1. The highest BCUT2D eigenvalue weighted by atomic mass is 35.5. The van der Waals surface area contributed by atoms with Crippen molar-refractivity contribution in [2.45, 2.75) is 6.42 Å². The van der Waals surface area contributed by atoms with Crippen LogP contribution in [0.2, 0.25) is 5.02 Å². The van der Waals surface area contributed by atoms with Crippen molar-refractivity contribution in [3.05, 3.63) is 57.6 Å². The van der Waals surface area contributed by atoms with Gasteiger partial charge in [0, 0.05) is 54.4 Å². The third-order valence-corrected chi connectivity index (χ3v) is 6.72. The van der Waals surface area contributed by atoms with Crippen LogP contribution in [-0.2, 0) is 11.2 Å². The molecular weight excluding hydrogens is 392 g/mol. The summed E-state index contributed by atoms with van der Waals surface area (Å²) in [5, 5.41) is 4.79. The summed E-state index contributed by atoms with van der Waals surface area (Å²) >= 11 is 8.00. The van der Waals surface area contributed by atoms with Crippen LogP contribution >= 0.6 is 23.1 Å². The first-order chi connectivity index (χ1) is 13.7. The average molecular weight is 411 g/mol. The molecule has 2 aliphatic rings. The van der Waals surface area contributed by atoms with Crippen LogP contribution in [0.5, 0.6) is 0 Å². The number of benzene rings is 2. The average Bonchev–Trinajstić information content (AvgIpc) is 3.29. The summed E-state index contributed by atoms with van der Waals surface area (Å²) in [7, 11) is 0. The minimum absolute atomic E-state index is 0.199. The molecule has 142 valence electrons. The summed E-state index contributed by atoms with van der Waals surface area (Å²) in [5.41, 5.74) is 2.16. The predicted molar refractivity (Wildman–Crippen MR) is 114 cm³/mol. The molecule has 0 saturated carbocycles. The lowest BCUT2D eigenvalue weighted by molar-refractivity contribution is -0.112. The van der Waals surface area contributed by atoms with Crippen LogP contribution < -0.4 is 15.5 Å². The number of anilines is 1. The number of halogens is 1. The molecule has 0 aliphatic carbocycles. The van der Waals surface area contributed by atoms with E-state index in [-0.39, 0.29) is 5.91 Å². The summed E-state index contributed by atoms with van der Waals surface area (Å²) in [5.74, 6) is -0.199. The van der Waals surface area contributed by atoms with Crippen molar-refractivity contribution in [2.24, 2.45) is 4.99 Å². The molecule has 1 amide bonds. The first kappa shape index (κ1) is 17.8. The topological polar surface area (TPSA) is 48.8 Å². The van der Waals surface area contributed by atoms with Crippen LogP contribution in [0, 0.1) is 0 Å². The summed E-state index contributed by atoms with van der Waals surface area (Å²) in [6.45, 7) is 5.01. The van der Waals surface area contributed by atoms with E-state index >= 15 is 0 Å². The van der Waals surface area contributed by atoms with Crippen LogP contribution in [0.3, 0.4) is 0 Å². The molecule has 3 aromatic rings. The second-order valence-corrected chi connectivity index (χ2v) is 8.34. The van der Waals surface area contributed by atoms with Gasteiger partial charge in [0.15, 0.2) is 0 Å². The minimum atomic E-state index is -0.199. The Morgan fingerprint density at radius 2 is 1.93 bits per heavy atom. The zero-order chi connectivity index (χ0) is 19.1. The van der Waals surface area contributed by atoms with Crippen molar-refractivity contribution < 1.29 is 4.79 Å². The molecule has 1 fully saturated rings. The number of carbonyl (C=O) groups excluding carboxylic acids is 1. The number of piperazine rings is 1. The molecule has 3 heterocycles. The van der Waals surface area contributed by atoms with Crippen LogP contribution in [0.4, 0.5) is 5.00 Å². The number of rotatable bonds is 4. The van der Waals surface area contributed by atoms with Gasteiger partial charge in [0.05, 0.1) is 10.9 Å². The molecule has 2 aromatic carbocycles. The van der Waals surface area contributed by atoms with Crippen molar-refractivity contribution in [1.29, 1.82) is 0 Å². The zero-order valence-corrected chi connectivity index (χ0v) is 16.8. The second-order valence-electron chi connectivity index (χ2n) is 7.18. The minimum Gasteiger partial charge on any atom is -0.359 e. The quantitative estimate of drug-likeness (QED) is 0.662. The predicted octanol–water partition coefficient (Wildman–Crippen LogP) is 2.25. The number of nitrogens with zero attached hydrogens (tertiary/aromatic N) is 4. The number of aromatic nitrogens is 1. The molecular formula is C21H19ClN4OS. The van der Waals surface area contributed by atoms with Gasteiger partial charge in [-0.25, -0.2) is 4.99 Å². The summed E-state index contributed by atoms with van der Waals surface area (Å²) in [6, 6.07) is 12.2. The molecule has 0 unspecified atom stereocenters. The van der Waals surface area contributed by atoms with Gasteiger partial charge in [-0.05, 0) is 47.8 Å². The van der Waals surface area contributed by atoms with Crippen molar-refractivity contribution in [3.8, 4) is 0 Å². The maximum atomic E-state index is 11.5. The van der Waals surface area contributed by atoms with Gasteiger partial charge in [0.1, 0.15) is 5.00 Å². The lowest BCUT2D eigenvalue weighted by Crippen LogP contribution is -2.46. The molecule has 0 atom stereocenters. The van der Waals surface area contributed by atoms with Gasteiger partial charge in [-0.15, -0.1) is 0 Å². The van der Waals surface area contributed by atoms with Gasteiger partial charge < -0.3 is 4.90 Å². The Morgan fingerprint density at radius 1 is 1.11 bits per heavy atom. The van der Waals surface area contributed by atoms with E-state index in [0.717, 1.165) is 55.4 Å². The van der Waals surface area contributed by atoms with Crippen molar-refractivity contribution in [2.75, 3.05) is 37.6 Å². The summed E-state index contributed by atoms with van der Waals surface area (Å²) in [4.78, 5) is 20.3. The van der Waals surface area contributed by atoms with Gasteiger partial charge in [0.2, 0.25) is 0 Å². The van der Waals surface area contributed by atoms with E-state index in [1.54, 1.807) is 23.7 Å². The van der Waals surface area contributed by atoms with Gasteiger partial charge in [-0.2, -0.15) is 4.37 Å². The van der Waals surface area contributed by atoms with Crippen LogP contribution in [0.15, 0.2) is 41.4 Å². The van der Waals surface area contributed by atoms with Crippen molar-refractivity contribution >= 4 is 51.0 Å². The fourth-order valence-corrected chi connectivity index (χ4v) is 5.04. The molecule has 2 aliphatic heterocycles. The third-order valence-electron chi connectivity index (χ3n) is 5.43. The number of amides is 1. The molecule has 1 aromatic heterocycles. The van der Waals surface area contributed by atoms with E-state index in [2.05, 4.69) is 37.4 Å². The van der Waals surface area contributed by atoms with Gasteiger partial charge in [0.25, 0.3) is 5.91 Å². The highest BCUT2D eigenvalue weighted by molar-refractivity contribution is 7.11. The van der Waals surface area contributed by atoms with Gasteiger partial charge in [-0.3, -0.25) is 9.69 Å². The molecule has 0 N–H and O–H groups in total. The fourth-order valence-electron chi connectivity index (χ4n) is 3.87. The van der Waals surface area contributed by atoms with E-state index in [1.165, 1.54) is 10.4 Å². The highest BCUT2D eigenvalue weighted by Gasteiger charge is 2.20. The van der Waals surface area contributed by atoms with E-state index in [0.29, 0.717) is 10.4 Å². The first-order valence-electron chi connectivity index (χ1n) is 9.42. The van der Waals surface area contributed by atoms with Crippen LogP contribution in [-0.4, -0.2) is 47.9 Å². The molecule has 7 heteroatoms. The van der Waals surface area contributed by atoms with E-state index in [9.17, 15) is 4.79 Å². The van der Waals surface area contributed by atoms with Gasteiger partial charge in [-0.1, -0.05) is 23.7 Å². The molecule has 0 spiro atoms. The van der Waals surface area contributed by atoms with E-state index in [4.69, 9.17) is 11.6 Å². The molecule has 0 radical (unpaired) electrons. The third kappa shape index (κ3) is 3.32. The summed E-state index contributed by atoms with van der Waals surface area (Å²) < 4.78 is 4.57. The highest BCUT2D eigenvalue weighted by Crippen LogP contribution is 2.31. The van der Waals surface area contributed by atoms with Crippen LogP contribution in [0.25, 0.3) is 17.0 Å². The normalized spacial score (nSPS) is 16.9. The fraction of sp³-hybridized carbons (Fsp3) is 0.286. The first-order valence-corrected chi connectivity index (χ1v) is 10.6. The maximum absolute atomic E-state index is 11.5. The smallest absolute Gasteiger partial charge is 0.270 e. The largest absolute Gasteiger partial charge is 0.359 e. The monoisotopic (exact) mass is 410 g/mol. The Kier molecular flexibility index (Phi) is 4.62. The number of hydrogen-bond acceptors (Lipinski definition) is 5. The Labute approximate surface area is 171 Å². The number of fused-ring (bicyclic) bond motifs is 2. The lowest BCUT2D eigenvalue weighted by Gasteiger charge is -2.35. The standard InChI is InChI=1S/C21H19ClN4OS/c22-17-13-19-15(12-20(27)23-19)11-14(17)5-6-25-7-9-26(10-8-25)21-16-3-1-2-4-18(16)24-28-21/h1-4,11-13H,5-10H2. The Bertz CT molecular complexity index is 1180. The SMILES string of the molecule is O=C1C=c2cc(CCN3CCN(c4snc5ccccc45)CC3)c(Cl)cc2=N1. The molecule has 1 saturated heterocycles. The Balaban J connectivity index is 1.23. The van der Waals surface area contributed by atoms with Crippen LogP contribution in [0.1, 0.15) is 5.56 Å². The second kappa shape index (κ2) is 7.28. The van der Waals surface area contributed by atoms with Crippen molar-refractivity contribution in [3.63, 3.8) is 0 Å². The number of hydrogen-bond donors (Lipinski definition) is 0. The molecule has 0 bridgehead atoms. The Morgan fingerprint density at radius 3 is 2.79 bits per heavy atom. The van der Waals surface area contributed by atoms with E-state index in [1.807, 2.05) is 12.1 Å².